The first kappa shape index (κ1) is 13.7. The Hall–Kier alpha value is -1.36. The minimum Gasteiger partial charge on any atom is -0.481 e. The fourth-order valence-corrected chi connectivity index (χ4v) is 2.12. The summed E-state index contributed by atoms with van der Waals surface area (Å²) in [6.45, 7) is 0. The van der Waals surface area contributed by atoms with Crippen molar-refractivity contribution in [1.29, 1.82) is 0 Å². The summed E-state index contributed by atoms with van der Waals surface area (Å²) < 4.78 is 0. The molecule has 0 spiro atoms. The maximum absolute atomic E-state index is 9.99. The van der Waals surface area contributed by atoms with E-state index in [2.05, 4.69) is 12.2 Å². The van der Waals surface area contributed by atoms with Crippen LogP contribution in [0.25, 0.3) is 0 Å². The molecule has 5 heteroatoms. The van der Waals surface area contributed by atoms with Crippen molar-refractivity contribution < 1.29 is 19.8 Å². The molecular weight excluding hydrogens is 222 g/mol. The summed E-state index contributed by atoms with van der Waals surface area (Å²) in [5.74, 6) is -0.215. The number of carboxylic acid groups (broad SMARTS) is 2. The van der Waals surface area contributed by atoms with Crippen LogP contribution in [-0.2, 0) is 9.59 Å². The van der Waals surface area contributed by atoms with Crippen LogP contribution < -0.4 is 5.73 Å². The van der Waals surface area contributed by atoms with Crippen molar-refractivity contribution in [3.05, 3.63) is 12.2 Å². The van der Waals surface area contributed by atoms with Gasteiger partial charge in [0.25, 0.3) is 0 Å². The number of aliphatic carboxylic acids is 2. The molecule has 0 aliphatic heterocycles. The minimum absolute atomic E-state index is 0.0231. The summed E-state index contributed by atoms with van der Waals surface area (Å²) in [7, 11) is 0. The van der Waals surface area contributed by atoms with Gasteiger partial charge in [-0.2, -0.15) is 0 Å². The molecule has 2 bridgehead atoms. The van der Waals surface area contributed by atoms with E-state index in [-0.39, 0.29) is 12.8 Å². The van der Waals surface area contributed by atoms with E-state index in [9.17, 15) is 9.59 Å². The summed E-state index contributed by atoms with van der Waals surface area (Å²) in [5.41, 5.74) is 5.00. The lowest BCUT2D eigenvalue weighted by Gasteiger charge is -2.01. The second kappa shape index (κ2) is 6.39. The lowest BCUT2D eigenvalue weighted by Crippen LogP contribution is -2.30. The minimum atomic E-state index is -1.17. The highest BCUT2D eigenvalue weighted by Crippen LogP contribution is 2.38. The summed E-state index contributed by atoms with van der Waals surface area (Å²) in [6, 6.07) is -1.06. The van der Waals surface area contributed by atoms with Gasteiger partial charge in [-0.05, 0) is 37.5 Å². The van der Waals surface area contributed by atoms with Gasteiger partial charge in [0.1, 0.15) is 6.04 Å². The number of rotatable bonds is 4. The average Bonchev–Trinajstić information content (AvgIpc) is 2.90. The van der Waals surface area contributed by atoms with Crippen molar-refractivity contribution in [3.63, 3.8) is 0 Å². The van der Waals surface area contributed by atoms with Crippen LogP contribution in [0.5, 0.6) is 0 Å². The van der Waals surface area contributed by atoms with E-state index in [0.29, 0.717) is 0 Å². The van der Waals surface area contributed by atoms with Crippen molar-refractivity contribution in [2.24, 2.45) is 17.6 Å². The molecule has 0 amide bonds. The van der Waals surface area contributed by atoms with Crippen molar-refractivity contribution in [2.75, 3.05) is 0 Å². The molecule has 2 rings (SSSR count). The highest BCUT2D eigenvalue weighted by atomic mass is 16.4. The quantitative estimate of drug-likeness (QED) is 0.643. The smallest absolute Gasteiger partial charge is 0.320 e. The molecule has 0 heterocycles. The third-order valence-electron chi connectivity index (χ3n) is 3.16. The van der Waals surface area contributed by atoms with E-state index in [1.807, 2.05) is 0 Å². The first-order valence-corrected chi connectivity index (χ1v) is 5.87. The van der Waals surface area contributed by atoms with Crippen LogP contribution in [0.15, 0.2) is 12.2 Å². The number of hydrogen-bond acceptors (Lipinski definition) is 3. The summed E-state index contributed by atoms with van der Waals surface area (Å²) in [5, 5.41) is 16.3. The highest BCUT2D eigenvalue weighted by molar-refractivity contribution is 5.74. The maximum Gasteiger partial charge on any atom is 0.320 e. The SMILES string of the molecule is C1=CC2CCC1C2.NC(CCC(=O)O)C(=O)O. The molecule has 0 aromatic heterocycles. The summed E-state index contributed by atoms with van der Waals surface area (Å²) >= 11 is 0. The van der Waals surface area contributed by atoms with Crippen LogP contribution in [-0.4, -0.2) is 28.2 Å². The Kier molecular flexibility index (Phi) is 5.15. The first-order valence-electron chi connectivity index (χ1n) is 5.87. The lowest BCUT2D eigenvalue weighted by molar-refractivity contribution is -0.139. The van der Waals surface area contributed by atoms with Gasteiger partial charge in [-0.15, -0.1) is 0 Å². The van der Waals surface area contributed by atoms with Gasteiger partial charge in [-0.3, -0.25) is 9.59 Å². The van der Waals surface area contributed by atoms with Crippen molar-refractivity contribution >= 4 is 11.9 Å². The van der Waals surface area contributed by atoms with Gasteiger partial charge in [-0.25, -0.2) is 0 Å². The molecule has 1 saturated carbocycles. The molecule has 17 heavy (non-hydrogen) atoms. The highest BCUT2D eigenvalue weighted by Gasteiger charge is 2.25. The summed E-state index contributed by atoms with van der Waals surface area (Å²) in [6.07, 6.45) is 8.96. The summed E-state index contributed by atoms with van der Waals surface area (Å²) in [4.78, 5) is 19.9. The van der Waals surface area contributed by atoms with E-state index in [1.165, 1.54) is 19.3 Å². The lowest BCUT2D eigenvalue weighted by atomic mass is 10.1. The molecule has 4 N–H and O–H groups in total. The zero-order chi connectivity index (χ0) is 12.8. The van der Waals surface area contributed by atoms with Crippen molar-refractivity contribution in [1.82, 2.24) is 0 Å². The van der Waals surface area contributed by atoms with E-state index < -0.39 is 18.0 Å². The van der Waals surface area contributed by atoms with Crippen LogP contribution in [0.4, 0.5) is 0 Å². The molecule has 1 fully saturated rings. The normalized spacial score (nSPS) is 26.2. The van der Waals surface area contributed by atoms with Crippen LogP contribution in [0.2, 0.25) is 0 Å². The molecule has 0 aromatic rings. The van der Waals surface area contributed by atoms with E-state index in [1.54, 1.807) is 0 Å². The molecule has 2 aliphatic rings. The number of allylic oxidation sites excluding steroid dienone is 2. The molecule has 0 radical (unpaired) electrons. The fourth-order valence-electron chi connectivity index (χ4n) is 2.12. The van der Waals surface area contributed by atoms with Gasteiger partial charge in [-0.1, -0.05) is 12.2 Å². The molecular formula is C12H19NO4. The van der Waals surface area contributed by atoms with E-state index in [0.717, 1.165) is 11.8 Å². The number of nitrogens with two attached hydrogens (primary N) is 1. The average molecular weight is 241 g/mol. The Bertz CT molecular complexity index is 302. The molecule has 3 atom stereocenters. The van der Waals surface area contributed by atoms with Crippen LogP contribution in [0, 0.1) is 11.8 Å². The molecule has 5 nitrogen and oxygen atoms in total. The number of carbonyl (C=O) groups is 2. The Morgan fingerprint density at radius 3 is 2.00 bits per heavy atom. The third-order valence-corrected chi connectivity index (χ3v) is 3.16. The Morgan fingerprint density at radius 2 is 1.76 bits per heavy atom. The topological polar surface area (TPSA) is 101 Å². The third kappa shape index (κ3) is 4.99. The monoisotopic (exact) mass is 241 g/mol. The first-order chi connectivity index (χ1) is 7.99. The molecule has 0 saturated heterocycles. The fraction of sp³-hybridized carbons (Fsp3) is 0.667. The number of hydrogen-bond donors (Lipinski definition) is 3. The van der Waals surface area contributed by atoms with Gasteiger partial charge in [0.2, 0.25) is 0 Å². The van der Waals surface area contributed by atoms with Gasteiger partial charge < -0.3 is 15.9 Å². The molecule has 0 aromatic carbocycles. The van der Waals surface area contributed by atoms with Crippen molar-refractivity contribution in [3.8, 4) is 0 Å². The van der Waals surface area contributed by atoms with Gasteiger partial charge in [0, 0.05) is 6.42 Å². The predicted octanol–water partition coefficient (Wildman–Crippen LogP) is 1.24. The molecule has 3 unspecified atom stereocenters. The van der Waals surface area contributed by atoms with Crippen LogP contribution >= 0.6 is 0 Å². The Balaban J connectivity index is 0.000000177. The van der Waals surface area contributed by atoms with Gasteiger partial charge >= 0.3 is 11.9 Å². The van der Waals surface area contributed by atoms with Crippen molar-refractivity contribution in [2.45, 2.75) is 38.1 Å². The number of carboxylic acids is 2. The van der Waals surface area contributed by atoms with Crippen LogP contribution in [0.3, 0.4) is 0 Å². The van der Waals surface area contributed by atoms with E-state index >= 15 is 0 Å². The largest absolute Gasteiger partial charge is 0.481 e. The molecule has 96 valence electrons. The standard InChI is InChI=1S/C7H10.C5H9NO4/c1-2-7-4-3-6(1)5-7;6-3(5(9)10)1-2-4(7)8/h1-2,6-7H,3-5H2;3H,1-2,6H2,(H,7,8)(H,9,10). The van der Waals surface area contributed by atoms with Gasteiger partial charge in [0.05, 0.1) is 0 Å². The zero-order valence-corrected chi connectivity index (χ0v) is 9.71. The number of fused-ring (bicyclic) bond motifs is 2. The van der Waals surface area contributed by atoms with Crippen LogP contribution in [0.1, 0.15) is 32.1 Å². The second-order valence-electron chi connectivity index (χ2n) is 4.60. The van der Waals surface area contributed by atoms with Gasteiger partial charge in [0.15, 0.2) is 0 Å². The zero-order valence-electron chi connectivity index (χ0n) is 9.71. The maximum atomic E-state index is 9.99. The second-order valence-corrected chi connectivity index (χ2v) is 4.60. The van der Waals surface area contributed by atoms with E-state index in [4.69, 9.17) is 15.9 Å². The Morgan fingerprint density at radius 1 is 1.24 bits per heavy atom. The Labute approximate surface area is 100 Å². The molecule has 2 aliphatic carbocycles. The predicted molar refractivity (Wildman–Crippen MR) is 62.5 cm³/mol.